The maximum Gasteiger partial charge on any atom is 0.0931 e. The van der Waals surface area contributed by atoms with Crippen molar-refractivity contribution < 1.29 is 0 Å². The topological polar surface area (TPSA) is 29.9 Å². The quantitative estimate of drug-likeness (QED) is 0.868. The Morgan fingerprint density at radius 2 is 2.26 bits per heavy atom. The van der Waals surface area contributed by atoms with E-state index in [-0.39, 0.29) is 6.04 Å². The normalized spacial score (nSPS) is 12.9. The first-order valence-electron chi connectivity index (χ1n) is 6.19. The highest BCUT2D eigenvalue weighted by atomic mass is 79.9. The Morgan fingerprint density at radius 3 is 2.74 bits per heavy atom. The molecule has 0 fully saturated rings. The monoisotopic (exact) mass is 361 g/mol. The smallest absolute Gasteiger partial charge is 0.0931 e. The molecule has 0 saturated heterocycles. The molecule has 0 aliphatic rings. The Labute approximate surface area is 131 Å². The zero-order valence-electron chi connectivity index (χ0n) is 11.2. The lowest BCUT2D eigenvalue weighted by Gasteiger charge is -2.16. The number of nitrogens with zero attached hydrogens (tertiary/aromatic N) is 2. The third-order valence-corrected chi connectivity index (χ3v) is 5.42. The van der Waals surface area contributed by atoms with E-state index >= 15 is 0 Å². The van der Waals surface area contributed by atoms with Crippen molar-refractivity contribution in [2.45, 2.75) is 26.3 Å². The minimum Gasteiger partial charge on any atom is -0.309 e. The van der Waals surface area contributed by atoms with E-state index in [1.165, 1.54) is 10.6 Å². The van der Waals surface area contributed by atoms with Crippen LogP contribution in [0.15, 0.2) is 16.6 Å². The number of aromatic nitrogens is 2. The Balaban J connectivity index is 2.26. The van der Waals surface area contributed by atoms with Crippen molar-refractivity contribution in [2.24, 2.45) is 7.05 Å². The van der Waals surface area contributed by atoms with Crippen LogP contribution < -0.4 is 5.32 Å². The molecule has 104 valence electrons. The molecule has 1 atom stereocenters. The number of thiophene rings is 1. The zero-order valence-corrected chi connectivity index (χ0v) is 14.4. The van der Waals surface area contributed by atoms with Crippen molar-refractivity contribution in [1.82, 2.24) is 15.1 Å². The SMILES string of the molecule is CCNC(Cc1c(Br)c(C)nn1C)c1ccc(Cl)s1. The molecule has 3 nitrogen and oxygen atoms in total. The lowest BCUT2D eigenvalue weighted by atomic mass is 10.1. The number of rotatable bonds is 5. The van der Waals surface area contributed by atoms with Gasteiger partial charge in [-0.25, -0.2) is 0 Å². The molecule has 0 bridgehead atoms. The number of nitrogens with one attached hydrogen (secondary N) is 1. The largest absolute Gasteiger partial charge is 0.309 e. The Kier molecular flexibility index (Phi) is 5.06. The van der Waals surface area contributed by atoms with Crippen molar-refractivity contribution in [2.75, 3.05) is 6.54 Å². The highest BCUT2D eigenvalue weighted by molar-refractivity contribution is 9.10. The molecular formula is C13H17BrClN3S. The first-order valence-corrected chi connectivity index (χ1v) is 8.18. The minimum atomic E-state index is 0.272. The van der Waals surface area contributed by atoms with Gasteiger partial charge in [-0.15, -0.1) is 11.3 Å². The molecule has 0 aliphatic heterocycles. The van der Waals surface area contributed by atoms with E-state index in [0.717, 1.165) is 27.5 Å². The van der Waals surface area contributed by atoms with E-state index in [9.17, 15) is 0 Å². The van der Waals surface area contributed by atoms with Crippen LogP contribution in [0.4, 0.5) is 0 Å². The summed E-state index contributed by atoms with van der Waals surface area (Å²) in [5.41, 5.74) is 2.23. The molecule has 2 aromatic rings. The molecule has 1 unspecified atom stereocenters. The number of hydrogen-bond acceptors (Lipinski definition) is 3. The van der Waals surface area contributed by atoms with E-state index in [1.54, 1.807) is 11.3 Å². The average Bonchev–Trinajstić information content (AvgIpc) is 2.88. The average molecular weight is 363 g/mol. The summed E-state index contributed by atoms with van der Waals surface area (Å²) in [6.07, 6.45) is 0.891. The van der Waals surface area contributed by atoms with E-state index in [4.69, 9.17) is 11.6 Å². The summed E-state index contributed by atoms with van der Waals surface area (Å²) in [6, 6.07) is 4.32. The summed E-state index contributed by atoms with van der Waals surface area (Å²) in [6.45, 7) is 5.05. The van der Waals surface area contributed by atoms with E-state index in [1.807, 2.05) is 24.7 Å². The predicted octanol–water partition coefficient (Wildman–Crippen LogP) is 4.10. The van der Waals surface area contributed by atoms with Gasteiger partial charge in [0.05, 0.1) is 20.2 Å². The fourth-order valence-electron chi connectivity index (χ4n) is 2.13. The van der Waals surface area contributed by atoms with E-state index in [0.29, 0.717) is 0 Å². The van der Waals surface area contributed by atoms with Gasteiger partial charge in [0.25, 0.3) is 0 Å². The van der Waals surface area contributed by atoms with Crippen molar-refractivity contribution in [1.29, 1.82) is 0 Å². The standard InChI is InChI=1S/C13H17BrClN3S/c1-4-16-9(11-5-6-12(15)19-11)7-10-13(14)8(2)17-18(10)3/h5-6,9,16H,4,7H2,1-3H3. The lowest BCUT2D eigenvalue weighted by Crippen LogP contribution is -2.23. The van der Waals surface area contributed by atoms with Gasteiger partial charge in [-0.1, -0.05) is 18.5 Å². The molecular weight excluding hydrogens is 346 g/mol. The molecule has 0 radical (unpaired) electrons. The molecule has 6 heteroatoms. The van der Waals surface area contributed by atoms with Crippen molar-refractivity contribution in [3.63, 3.8) is 0 Å². The predicted molar refractivity (Wildman–Crippen MR) is 85.1 cm³/mol. The molecule has 0 aliphatic carbocycles. The van der Waals surface area contributed by atoms with Crippen molar-refractivity contribution in [3.05, 3.63) is 37.2 Å². The maximum absolute atomic E-state index is 6.04. The number of hydrogen-bond donors (Lipinski definition) is 1. The van der Waals surface area contributed by atoms with Gasteiger partial charge in [-0.2, -0.15) is 5.10 Å². The van der Waals surface area contributed by atoms with Crippen LogP contribution >= 0.6 is 38.9 Å². The van der Waals surface area contributed by atoms with Gasteiger partial charge in [0.2, 0.25) is 0 Å². The number of likely N-dealkylation sites (N-methyl/N-ethyl adjacent to an activating group) is 1. The van der Waals surface area contributed by atoms with Crippen LogP contribution in [0.5, 0.6) is 0 Å². The summed E-state index contributed by atoms with van der Waals surface area (Å²) in [5.74, 6) is 0. The van der Waals surface area contributed by atoms with E-state index in [2.05, 4.69) is 39.3 Å². The Hall–Kier alpha value is -0.360. The molecule has 2 heterocycles. The molecule has 1 N–H and O–H groups in total. The summed E-state index contributed by atoms with van der Waals surface area (Å²) in [4.78, 5) is 1.26. The fourth-order valence-corrected chi connectivity index (χ4v) is 3.76. The maximum atomic E-state index is 6.04. The molecule has 0 spiro atoms. The second-order valence-electron chi connectivity index (χ2n) is 4.43. The number of aryl methyl sites for hydroxylation is 2. The third-order valence-electron chi connectivity index (χ3n) is 3.05. The summed E-state index contributed by atoms with van der Waals surface area (Å²) < 4.78 is 3.87. The molecule has 0 amide bonds. The van der Waals surface area contributed by atoms with Gasteiger partial charge in [-0.05, 0) is 41.5 Å². The Bertz CT molecular complexity index is 564. The first kappa shape index (κ1) is 15.0. The van der Waals surface area contributed by atoms with Crippen LogP contribution in [0.1, 0.15) is 29.2 Å². The molecule has 0 aromatic carbocycles. The molecule has 2 aromatic heterocycles. The molecule has 0 saturated carbocycles. The molecule has 2 rings (SSSR count). The Morgan fingerprint density at radius 1 is 1.53 bits per heavy atom. The van der Waals surface area contributed by atoms with Crippen LogP contribution in [0, 0.1) is 6.92 Å². The van der Waals surface area contributed by atoms with Crippen LogP contribution in [0.3, 0.4) is 0 Å². The summed E-state index contributed by atoms with van der Waals surface area (Å²) in [7, 11) is 1.98. The van der Waals surface area contributed by atoms with Gasteiger partial charge in [0, 0.05) is 24.4 Å². The third kappa shape index (κ3) is 3.40. The van der Waals surface area contributed by atoms with Gasteiger partial charge < -0.3 is 5.32 Å². The second-order valence-corrected chi connectivity index (χ2v) is 6.97. The summed E-state index contributed by atoms with van der Waals surface area (Å²) >= 11 is 11.3. The zero-order chi connectivity index (χ0) is 14.0. The van der Waals surface area contributed by atoms with Crippen molar-refractivity contribution >= 4 is 38.9 Å². The van der Waals surface area contributed by atoms with Gasteiger partial charge in [0.1, 0.15) is 0 Å². The van der Waals surface area contributed by atoms with Gasteiger partial charge >= 0.3 is 0 Å². The lowest BCUT2D eigenvalue weighted by molar-refractivity contribution is 0.535. The number of halogens is 2. The van der Waals surface area contributed by atoms with Crippen LogP contribution in [-0.2, 0) is 13.5 Å². The minimum absolute atomic E-state index is 0.272. The fraction of sp³-hybridized carbons (Fsp3) is 0.462. The van der Waals surface area contributed by atoms with Gasteiger partial charge in [-0.3, -0.25) is 4.68 Å². The highest BCUT2D eigenvalue weighted by Crippen LogP contribution is 2.31. The summed E-state index contributed by atoms with van der Waals surface area (Å²) in [5, 5.41) is 7.96. The van der Waals surface area contributed by atoms with Crippen LogP contribution in [0.2, 0.25) is 4.34 Å². The van der Waals surface area contributed by atoms with Gasteiger partial charge in [0.15, 0.2) is 0 Å². The van der Waals surface area contributed by atoms with Crippen molar-refractivity contribution in [3.8, 4) is 0 Å². The van der Waals surface area contributed by atoms with Crippen LogP contribution in [0.25, 0.3) is 0 Å². The van der Waals surface area contributed by atoms with Crippen LogP contribution in [-0.4, -0.2) is 16.3 Å². The van der Waals surface area contributed by atoms with E-state index < -0.39 is 0 Å². The highest BCUT2D eigenvalue weighted by Gasteiger charge is 2.19. The molecule has 19 heavy (non-hydrogen) atoms. The second kappa shape index (κ2) is 6.39. The first-order chi connectivity index (χ1) is 9.02.